The van der Waals surface area contributed by atoms with E-state index in [1.807, 2.05) is 6.08 Å². The number of hydrogen-bond donors (Lipinski definition) is 0. The third-order valence-corrected chi connectivity index (χ3v) is 8.33. The number of rotatable bonds is 1. The summed E-state index contributed by atoms with van der Waals surface area (Å²) in [6.07, 6.45) is 10.2. The molecule has 0 bridgehead atoms. The monoisotopic (exact) mass is 314 g/mol. The first-order valence-electron chi connectivity index (χ1n) is 9.67. The smallest absolute Gasteiger partial charge is 0.155 e. The van der Waals surface area contributed by atoms with Crippen LogP contribution in [0.4, 0.5) is 0 Å². The van der Waals surface area contributed by atoms with E-state index in [-0.39, 0.29) is 10.8 Å². The minimum absolute atomic E-state index is 0.0517. The van der Waals surface area contributed by atoms with E-state index in [0.29, 0.717) is 35.2 Å². The van der Waals surface area contributed by atoms with Gasteiger partial charge in [0.25, 0.3) is 0 Å². The van der Waals surface area contributed by atoms with Crippen molar-refractivity contribution >= 4 is 11.6 Å². The Kier molecular flexibility index (Phi) is 3.42. The van der Waals surface area contributed by atoms with Crippen LogP contribution in [0.2, 0.25) is 0 Å². The summed E-state index contributed by atoms with van der Waals surface area (Å²) >= 11 is 0. The van der Waals surface area contributed by atoms with Gasteiger partial charge in [-0.05, 0) is 67.3 Å². The standard InChI is InChI=1S/C21H30O2/c1-4-13-11-18(23)21(3)10-8-17-16(19(13)21)6-5-14-12-15(22)7-9-20(14,17)2/h12-13,16-17,19H,4-11H2,1-3H3/t13-,16-,17+,19+,20+,21-/m1/s1. The van der Waals surface area contributed by atoms with Crippen molar-refractivity contribution in [2.24, 2.45) is 34.5 Å². The van der Waals surface area contributed by atoms with E-state index in [0.717, 1.165) is 38.5 Å². The highest BCUT2D eigenvalue weighted by Gasteiger charge is 2.61. The maximum Gasteiger partial charge on any atom is 0.155 e. The second-order valence-electron chi connectivity index (χ2n) is 9.14. The van der Waals surface area contributed by atoms with E-state index in [9.17, 15) is 9.59 Å². The van der Waals surface area contributed by atoms with E-state index in [1.165, 1.54) is 18.4 Å². The van der Waals surface area contributed by atoms with Crippen LogP contribution in [0.3, 0.4) is 0 Å². The Bertz CT molecular complexity index is 589. The fourth-order valence-corrected chi connectivity index (χ4v) is 7.00. The van der Waals surface area contributed by atoms with Crippen molar-refractivity contribution in [1.29, 1.82) is 0 Å². The number of allylic oxidation sites excluding steroid dienone is 1. The Morgan fingerprint density at radius 2 is 1.87 bits per heavy atom. The van der Waals surface area contributed by atoms with Crippen molar-refractivity contribution < 1.29 is 9.59 Å². The van der Waals surface area contributed by atoms with E-state index in [2.05, 4.69) is 20.8 Å². The number of fused-ring (bicyclic) bond motifs is 5. The van der Waals surface area contributed by atoms with Crippen molar-refractivity contribution in [2.75, 3.05) is 0 Å². The summed E-state index contributed by atoms with van der Waals surface area (Å²) in [4.78, 5) is 24.6. The molecule has 0 heterocycles. The molecule has 6 atom stereocenters. The molecule has 126 valence electrons. The van der Waals surface area contributed by atoms with Crippen LogP contribution in [0.25, 0.3) is 0 Å². The molecule has 4 aliphatic carbocycles. The SMILES string of the molecule is CC[C@@H]1CC(=O)[C@@]2(C)CC[C@H]3[C@@H](CCC4=CC(=O)CC[C@@]43C)[C@H]12. The van der Waals surface area contributed by atoms with Gasteiger partial charge in [-0.1, -0.05) is 32.8 Å². The first-order chi connectivity index (χ1) is 10.9. The molecule has 2 heteroatoms. The van der Waals surface area contributed by atoms with Gasteiger partial charge in [-0.2, -0.15) is 0 Å². The van der Waals surface area contributed by atoms with Gasteiger partial charge in [0, 0.05) is 18.3 Å². The maximum atomic E-state index is 12.7. The molecule has 0 aromatic carbocycles. The molecular weight excluding hydrogens is 284 g/mol. The zero-order valence-corrected chi connectivity index (χ0v) is 14.9. The minimum Gasteiger partial charge on any atom is -0.299 e. The van der Waals surface area contributed by atoms with Crippen molar-refractivity contribution in [2.45, 2.75) is 72.1 Å². The minimum atomic E-state index is -0.0517. The van der Waals surface area contributed by atoms with E-state index in [4.69, 9.17) is 0 Å². The summed E-state index contributed by atoms with van der Waals surface area (Å²) in [5.74, 6) is 3.45. The zero-order valence-electron chi connectivity index (χ0n) is 14.9. The summed E-state index contributed by atoms with van der Waals surface area (Å²) in [6, 6.07) is 0. The largest absolute Gasteiger partial charge is 0.299 e. The molecule has 0 unspecified atom stereocenters. The number of carbonyl (C=O) groups is 2. The van der Waals surface area contributed by atoms with E-state index >= 15 is 0 Å². The first kappa shape index (κ1) is 15.6. The Morgan fingerprint density at radius 1 is 1.09 bits per heavy atom. The zero-order chi connectivity index (χ0) is 16.4. The summed E-state index contributed by atoms with van der Waals surface area (Å²) in [6.45, 7) is 6.95. The predicted octanol–water partition coefficient (Wildman–Crippen LogP) is 4.72. The van der Waals surface area contributed by atoms with Gasteiger partial charge >= 0.3 is 0 Å². The normalized spacial score (nSPS) is 49.3. The topological polar surface area (TPSA) is 34.1 Å². The van der Waals surface area contributed by atoms with Crippen LogP contribution in [-0.4, -0.2) is 11.6 Å². The van der Waals surface area contributed by atoms with Gasteiger partial charge in [-0.15, -0.1) is 0 Å². The Balaban J connectivity index is 1.72. The van der Waals surface area contributed by atoms with Crippen molar-refractivity contribution in [3.05, 3.63) is 11.6 Å². The molecule has 2 nitrogen and oxygen atoms in total. The Labute approximate surface area is 140 Å². The van der Waals surface area contributed by atoms with Crippen LogP contribution < -0.4 is 0 Å². The number of carbonyl (C=O) groups excluding carboxylic acids is 2. The quantitative estimate of drug-likeness (QED) is 0.701. The van der Waals surface area contributed by atoms with Gasteiger partial charge in [0.15, 0.2) is 5.78 Å². The summed E-state index contributed by atoms with van der Waals surface area (Å²) in [5.41, 5.74) is 1.60. The molecule has 0 spiro atoms. The molecule has 4 rings (SSSR count). The van der Waals surface area contributed by atoms with Gasteiger partial charge < -0.3 is 0 Å². The van der Waals surface area contributed by atoms with Gasteiger partial charge in [-0.3, -0.25) is 9.59 Å². The third kappa shape index (κ3) is 1.99. The first-order valence-corrected chi connectivity index (χ1v) is 9.67. The lowest BCUT2D eigenvalue weighted by atomic mass is 9.46. The molecule has 3 fully saturated rings. The third-order valence-electron chi connectivity index (χ3n) is 8.33. The lowest BCUT2D eigenvalue weighted by Crippen LogP contribution is -2.51. The number of Topliss-reactive ketones (excluding diaryl/α,β-unsaturated/α-hetero) is 1. The van der Waals surface area contributed by atoms with Crippen LogP contribution in [-0.2, 0) is 9.59 Å². The molecule has 0 radical (unpaired) electrons. The molecule has 0 saturated heterocycles. The Hall–Kier alpha value is -0.920. The summed E-state index contributed by atoms with van der Waals surface area (Å²) < 4.78 is 0. The Morgan fingerprint density at radius 3 is 2.61 bits per heavy atom. The van der Waals surface area contributed by atoms with E-state index in [1.54, 1.807) is 0 Å². The molecule has 0 aliphatic heterocycles. The predicted molar refractivity (Wildman–Crippen MR) is 90.9 cm³/mol. The molecule has 0 aromatic heterocycles. The van der Waals surface area contributed by atoms with Gasteiger partial charge in [0.2, 0.25) is 0 Å². The highest BCUT2D eigenvalue weighted by atomic mass is 16.1. The van der Waals surface area contributed by atoms with Gasteiger partial charge in [-0.25, -0.2) is 0 Å². The van der Waals surface area contributed by atoms with Crippen LogP contribution in [0.1, 0.15) is 72.1 Å². The number of hydrogen-bond acceptors (Lipinski definition) is 2. The molecule has 0 amide bonds. The lowest BCUT2D eigenvalue weighted by Gasteiger charge is -2.57. The lowest BCUT2D eigenvalue weighted by molar-refractivity contribution is -0.133. The second-order valence-corrected chi connectivity index (χ2v) is 9.14. The van der Waals surface area contributed by atoms with E-state index < -0.39 is 0 Å². The molecule has 0 N–H and O–H groups in total. The van der Waals surface area contributed by atoms with Crippen LogP contribution in [0, 0.1) is 34.5 Å². The highest BCUT2D eigenvalue weighted by Crippen LogP contribution is 2.65. The van der Waals surface area contributed by atoms with Gasteiger partial charge in [0.05, 0.1) is 0 Å². The molecule has 4 aliphatic rings. The fraction of sp³-hybridized carbons (Fsp3) is 0.810. The summed E-state index contributed by atoms with van der Waals surface area (Å²) in [7, 11) is 0. The van der Waals surface area contributed by atoms with Crippen molar-refractivity contribution in [3.63, 3.8) is 0 Å². The van der Waals surface area contributed by atoms with Crippen LogP contribution in [0.5, 0.6) is 0 Å². The number of ketones is 2. The second kappa shape index (κ2) is 5.04. The van der Waals surface area contributed by atoms with Crippen molar-refractivity contribution in [3.8, 4) is 0 Å². The molecular formula is C21H30O2. The fourth-order valence-electron chi connectivity index (χ4n) is 7.00. The van der Waals surface area contributed by atoms with Crippen LogP contribution >= 0.6 is 0 Å². The highest BCUT2D eigenvalue weighted by molar-refractivity contribution is 5.91. The average molecular weight is 314 g/mol. The summed E-state index contributed by atoms with van der Waals surface area (Å²) in [5, 5.41) is 0. The average Bonchev–Trinajstić information content (AvgIpc) is 2.79. The molecule has 0 aromatic rings. The van der Waals surface area contributed by atoms with Crippen LogP contribution in [0.15, 0.2) is 11.6 Å². The molecule has 23 heavy (non-hydrogen) atoms. The maximum absolute atomic E-state index is 12.7. The van der Waals surface area contributed by atoms with Crippen molar-refractivity contribution in [1.82, 2.24) is 0 Å². The molecule has 3 saturated carbocycles. The van der Waals surface area contributed by atoms with Gasteiger partial charge in [0.1, 0.15) is 5.78 Å².